The predicted molar refractivity (Wildman–Crippen MR) is 93.2 cm³/mol. The van der Waals surface area contributed by atoms with Crippen LogP contribution >= 0.6 is 0 Å². The topological polar surface area (TPSA) is 49.4 Å². The van der Waals surface area contributed by atoms with Crippen LogP contribution in [0.3, 0.4) is 0 Å². The third-order valence-corrected chi connectivity index (χ3v) is 4.05. The summed E-state index contributed by atoms with van der Waals surface area (Å²) in [4.78, 5) is 25.6. The molecule has 0 saturated heterocycles. The number of likely N-dealkylation sites (N-methyl/N-ethyl adjacent to an activating group) is 1. The average molecular weight is 312 g/mol. The third-order valence-electron chi connectivity index (χ3n) is 4.05. The molecular formula is C19H24N2O2. The van der Waals surface area contributed by atoms with Crippen LogP contribution in [0.15, 0.2) is 42.5 Å². The molecule has 0 bridgehead atoms. The maximum Gasteiger partial charge on any atom is 0.244 e. The number of hydrogen-bond donors (Lipinski definition) is 1. The van der Waals surface area contributed by atoms with Crippen molar-refractivity contribution in [2.45, 2.75) is 32.7 Å². The molecule has 2 rings (SSSR count). The SMILES string of the molecule is CCN(C)C(=O)C(C)NC(=O)CCc1ccc2ccccc2c1. The first-order valence-electron chi connectivity index (χ1n) is 8.03. The largest absolute Gasteiger partial charge is 0.345 e. The molecule has 1 unspecified atom stereocenters. The summed E-state index contributed by atoms with van der Waals surface area (Å²) in [7, 11) is 1.74. The lowest BCUT2D eigenvalue weighted by atomic mass is 10.0. The zero-order valence-electron chi connectivity index (χ0n) is 14.0. The smallest absolute Gasteiger partial charge is 0.244 e. The molecule has 0 spiro atoms. The number of benzene rings is 2. The van der Waals surface area contributed by atoms with E-state index in [0.29, 0.717) is 19.4 Å². The molecular weight excluding hydrogens is 288 g/mol. The van der Waals surface area contributed by atoms with Gasteiger partial charge in [-0.05, 0) is 36.6 Å². The molecule has 0 aliphatic rings. The molecule has 0 fully saturated rings. The Bertz CT molecular complexity index is 697. The van der Waals surface area contributed by atoms with E-state index < -0.39 is 6.04 Å². The Morgan fingerprint density at radius 1 is 1.13 bits per heavy atom. The van der Waals surface area contributed by atoms with E-state index in [1.165, 1.54) is 10.8 Å². The van der Waals surface area contributed by atoms with Gasteiger partial charge in [-0.25, -0.2) is 0 Å². The van der Waals surface area contributed by atoms with Crippen molar-refractivity contribution in [3.63, 3.8) is 0 Å². The Hall–Kier alpha value is -2.36. The fourth-order valence-corrected chi connectivity index (χ4v) is 2.51. The van der Waals surface area contributed by atoms with E-state index in [2.05, 4.69) is 35.6 Å². The average Bonchev–Trinajstić information content (AvgIpc) is 2.58. The van der Waals surface area contributed by atoms with Crippen LogP contribution in [-0.4, -0.2) is 36.3 Å². The highest BCUT2D eigenvalue weighted by atomic mass is 16.2. The third kappa shape index (κ3) is 4.55. The Kier molecular flexibility index (Phi) is 5.74. The highest BCUT2D eigenvalue weighted by Gasteiger charge is 2.18. The van der Waals surface area contributed by atoms with E-state index >= 15 is 0 Å². The van der Waals surface area contributed by atoms with Crippen molar-refractivity contribution in [2.24, 2.45) is 0 Å². The van der Waals surface area contributed by atoms with Gasteiger partial charge >= 0.3 is 0 Å². The van der Waals surface area contributed by atoms with Crippen LogP contribution in [0, 0.1) is 0 Å². The van der Waals surface area contributed by atoms with Crippen molar-refractivity contribution in [2.75, 3.05) is 13.6 Å². The molecule has 4 nitrogen and oxygen atoms in total. The molecule has 0 heterocycles. The minimum absolute atomic E-state index is 0.0634. The van der Waals surface area contributed by atoms with E-state index in [1.54, 1.807) is 18.9 Å². The standard InChI is InChI=1S/C19H24N2O2/c1-4-21(3)19(23)14(2)20-18(22)12-10-15-9-11-16-7-5-6-8-17(16)13-15/h5-9,11,13-14H,4,10,12H2,1-3H3,(H,20,22). The van der Waals surface area contributed by atoms with Gasteiger partial charge in [0.15, 0.2) is 0 Å². The number of nitrogens with zero attached hydrogens (tertiary/aromatic N) is 1. The van der Waals surface area contributed by atoms with Crippen LogP contribution in [0.2, 0.25) is 0 Å². The molecule has 0 aliphatic heterocycles. The van der Waals surface area contributed by atoms with Crippen LogP contribution in [0.1, 0.15) is 25.8 Å². The summed E-state index contributed by atoms with van der Waals surface area (Å²) in [6.45, 7) is 4.27. The first kappa shape index (κ1) is 17.0. The Morgan fingerprint density at radius 3 is 2.52 bits per heavy atom. The van der Waals surface area contributed by atoms with Gasteiger partial charge in [0, 0.05) is 20.0 Å². The monoisotopic (exact) mass is 312 g/mol. The van der Waals surface area contributed by atoms with Gasteiger partial charge in [0.2, 0.25) is 11.8 Å². The van der Waals surface area contributed by atoms with Gasteiger partial charge in [0.1, 0.15) is 6.04 Å². The summed E-state index contributed by atoms with van der Waals surface area (Å²) in [6.07, 6.45) is 1.05. The second-order valence-electron chi connectivity index (χ2n) is 5.82. The van der Waals surface area contributed by atoms with Gasteiger partial charge in [-0.15, -0.1) is 0 Å². The summed E-state index contributed by atoms with van der Waals surface area (Å²) in [6, 6.07) is 13.9. The number of nitrogens with one attached hydrogen (secondary N) is 1. The molecule has 0 aromatic heterocycles. The van der Waals surface area contributed by atoms with E-state index in [-0.39, 0.29) is 11.8 Å². The normalized spacial score (nSPS) is 12.0. The minimum atomic E-state index is -0.482. The predicted octanol–water partition coefficient (Wildman–Crippen LogP) is 2.76. The molecule has 2 aromatic carbocycles. The quantitative estimate of drug-likeness (QED) is 0.891. The lowest BCUT2D eigenvalue weighted by Crippen LogP contribution is -2.45. The maximum absolute atomic E-state index is 12.0. The maximum atomic E-state index is 12.0. The van der Waals surface area contributed by atoms with E-state index in [1.807, 2.05) is 19.1 Å². The first-order chi connectivity index (χ1) is 11.0. The number of rotatable bonds is 6. The van der Waals surface area contributed by atoms with Gasteiger partial charge in [0.25, 0.3) is 0 Å². The second kappa shape index (κ2) is 7.77. The second-order valence-corrected chi connectivity index (χ2v) is 5.82. The molecule has 2 amide bonds. The lowest BCUT2D eigenvalue weighted by Gasteiger charge is -2.20. The number of aryl methyl sites for hydroxylation is 1. The molecule has 23 heavy (non-hydrogen) atoms. The van der Waals surface area contributed by atoms with Crippen molar-refractivity contribution in [1.82, 2.24) is 10.2 Å². The van der Waals surface area contributed by atoms with E-state index in [9.17, 15) is 9.59 Å². The number of hydrogen-bond acceptors (Lipinski definition) is 2. The van der Waals surface area contributed by atoms with Gasteiger partial charge in [0.05, 0.1) is 0 Å². The Morgan fingerprint density at radius 2 is 1.83 bits per heavy atom. The molecule has 0 aliphatic carbocycles. The van der Waals surface area contributed by atoms with Crippen molar-refractivity contribution >= 4 is 22.6 Å². The van der Waals surface area contributed by atoms with Gasteiger partial charge in [-0.2, -0.15) is 0 Å². The van der Waals surface area contributed by atoms with Crippen LogP contribution < -0.4 is 5.32 Å². The summed E-state index contributed by atoms with van der Waals surface area (Å²) in [5.41, 5.74) is 1.13. The zero-order chi connectivity index (χ0) is 16.8. The lowest BCUT2D eigenvalue weighted by molar-refractivity contribution is -0.134. The molecule has 122 valence electrons. The van der Waals surface area contributed by atoms with Crippen molar-refractivity contribution in [1.29, 1.82) is 0 Å². The highest BCUT2D eigenvalue weighted by Crippen LogP contribution is 2.16. The summed E-state index contributed by atoms with van der Waals surface area (Å²) >= 11 is 0. The first-order valence-corrected chi connectivity index (χ1v) is 8.03. The molecule has 2 aromatic rings. The number of amides is 2. The van der Waals surface area contributed by atoms with Crippen LogP contribution in [0.5, 0.6) is 0 Å². The van der Waals surface area contributed by atoms with Crippen molar-refractivity contribution in [3.05, 3.63) is 48.0 Å². The summed E-state index contributed by atoms with van der Waals surface area (Å²) < 4.78 is 0. The minimum Gasteiger partial charge on any atom is -0.345 e. The zero-order valence-corrected chi connectivity index (χ0v) is 14.0. The van der Waals surface area contributed by atoms with E-state index in [0.717, 1.165) is 5.56 Å². The van der Waals surface area contributed by atoms with Gasteiger partial charge in [-0.1, -0.05) is 42.5 Å². The van der Waals surface area contributed by atoms with Crippen molar-refractivity contribution < 1.29 is 9.59 Å². The van der Waals surface area contributed by atoms with Crippen molar-refractivity contribution in [3.8, 4) is 0 Å². The summed E-state index contributed by atoms with van der Waals surface area (Å²) in [5, 5.41) is 5.15. The highest BCUT2D eigenvalue weighted by molar-refractivity contribution is 5.87. The Balaban J connectivity index is 1.89. The molecule has 4 heteroatoms. The fourth-order valence-electron chi connectivity index (χ4n) is 2.51. The van der Waals surface area contributed by atoms with Gasteiger partial charge in [-0.3, -0.25) is 9.59 Å². The van der Waals surface area contributed by atoms with Gasteiger partial charge < -0.3 is 10.2 Å². The molecule has 1 N–H and O–H groups in total. The molecule has 0 radical (unpaired) electrons. The van der Waals surface area contributed by atoms with Crippen LogP contribution in [0.25, 0.3) is 10.8 Å². The van der Waals surface area contributed by atoms with Crippen LogP contribution in [0.4, 0.5) is 0 Å². The Labute approximate surface area is 137 Å². The molecule has 1 atom stereocenters. The number of carbonyl (C=O) groups is 2. The molecule has 0 saturated carbocycles. The summed E-state index contributed by atoms with van der Waals surface area (Å²) in [5.74, 6) is -0.157. The fraction of sp³-hybridized carbons (Fsp3) is 0.368. The number of fused-ring (bicyclic) bond motifs is 1. The van der Waals surface area contributed by atoms with Crippen LogP contribution in [-0.2, 0) is 16.0 Å². The number of carbonyl (C=O) groups excluding carboxylic acids is 2. The van der Waals surface area contributed by atoms with E-state index in [4.69, 9.17) is 0 Å².